The molecule has 33 heavy (non-hydrogen) atoms. The summed E-state index contributed by atoms with van der Waals surface area (Å²) in [5.74, 6) is -0.526. The minimum Gasteiger partial charge on any atom is -0.506 e. The molecule has 2 amide bonds. The molecular weight excluding hydrogens is 418 g/mol. The van der Waals surface area contributed by atoms with Gasteiger partial charge in [-0.15, -0.1) is 0 Å². The lowest BCUT2D eigenvalue weighted by atomic mass is 10.0. The van der Waals surface area contributed by atoms with Gasteiger partial charge < -0.3 is 20.5 Å². The monoisotopic (exact) mass is 445 g/mol. The van der Waals surface area contributed by atoms with Gasteiger partial charge in [0.2, 0.25) is 5.91 Å². The van der Waals surface area contributed by atoms with Crippen LogP contribution in [0.4, 0.5) is 11.4 Å². The molecule has 1 fully saturated rings. The first-order valence-electron chi connectivity index (χ1n) is 11.0. The van der Waals surface area contributed by atoms with Crippen LogP contribution >= 0.6 is 0 Å². The molecule has 0 bridgehead atoms. The normalized spacial score (nSPS) is 13.9. The highest BCUT2D eigenvalue weighted by Crippen LogP contribution is 2.27. The number of amides is 2. The van der Waals surface area contributed by atoms with Crippen LogP contribution in [0, 0.1) is 0 Å². The van der Waals surface area contributed by atoms with Gasteiger partial charge in [0.15, 0.2) is 0 Å². The van der Waals surface area contributed by atoms with Crippen LogP contribution in [0.15, 0.2) is 72.8 Å². The van der Waals surface area contributed by atoms with Crippen molar-refractivity contribution in [1.82, 2.24) is 4.90 Å². The van der Waals surface area contributed by atoms with Crippen LogP contribution in [0.3, 0.4) is 0 Å². The quantitative estimate of drug-likeness (QED) is 0.378. The second-order valence-corrected chi connectivity index (χ2v) is 7.88. The van der Waals surface area contributed by atoms with Crippen molar-refractivity contribution in [2.45, 2.75) is 6.42 Å². The molecule has 0 spiro atoms. The van der Waals surface area contributed by atoms with E-state index in [0.29, 0.717) is 37.4 Å². The van der Waals surface area contributed by atoms with Crippen molar-refractivity contribution >= 4 is 23.2 Å². The summed E-state index contributed by atoms with van der Waals surface area (Å²) in [6, 6.07) is 21.9. The number of rotatable bonds is 7. The Bertz CT molecular complexity index is 1090. The van der Waals surface area contributed by atoms with Crippen molar-refractivity contribution < 1.29 is 19.4 Å². The lowest BCUT2D eigenvalue weighted by Crippen LogP contribution is -2.38. The van der Waals surface area contributed by atoms with Crippen LogP contribution in [0.25, 0.3) is 11.1 Å². The smallest absolute Gasteiger partial charge is 0.255 e. The highest BCUT2D eigenvalue weighted by atomic mass is 16.5. The number of hydrogen-bond acceptors (Lipinski definition) is 5. The number of hydrogen-bond donors (Lipinski definition) is 3. The van der Waals surface area contributed by atoms with E-state index < -0.39 is 0 Å². The van der Waals surface area contributed by atoms with E-state index in [1.807, 2.05) is 42.5 Å². The average molecular weight is 446 g/mol. The van der Waals surface area contributed by atoms with E-state index in [0.717, 1.165) is 24.2 Å². The van der Waals surface area contributed by atoms with Gasteiger partial charge in [-0.25, -0.2) is 0 Å². The first-order chi connectivity index (χ1) is 16.1. The number of ether oxygens (including phenoxy) is 1. The zero-order valence-electron chi connectivity index (χ0n) is 18.3. The fourth-order valence-corrected chi connectivity index (χ4v) is 3.66. The molecule has 1 saturated heterocycles. The van der Waals surface area contributed by atoms with E-state index in [-0.39, 0.29) is 23.3 Å². The number of nitrogens with one attached hydrogen (secondary N) is 2. The number of carbonyl (C=O) groups is 2. The zero-order chi connectivity index (χ0) is 23.0. The summed E-state index contributed by atoms with van der Waals surface area (Å²) < 4.78 is 5.31. The Balaban J connectivity index is 1.35. The highest BCUT2D eigenvalue weighted by Gasteiger charge is 2.14. The Labute approximate surface area is 193 Å². The lowest BCUT2D eigenvalue weighted by molar-refractivity contribution is -0.116. The Kier molecular flexibility index (Phi) is 7.34. The molecule has 3 N–H and O–H groups in total. The first kappa shape index (κ1) is 22.5. The maximum absolute atomic E-state index is 12.7. The van der Waals surface area contributed by atoms with Crippen LogP contribution in [0.2, 0.25) is 0 Å². The van der Waals surface area contributed by atoms with E-state index in [4.69, 9.17) is 4.74 Å². The summed E-state index contributed by atoms with van der Waals surface area (Å²) in [6.07, 6.45) is 0.309. The Morgan fingerprint density at radius 3 is 2.30 bits per heavy atom. The van der Waals surface area contributed by atoms with Crippen molar-refractivity contribution in [3.05, 3.63) is 78.4 Å². The van der Waals surface area contributed by atoms with Crippen LogP contribution in [-0.2, 0) is 9.53 Å². The van der Waals surface area contributed by atoms with Crippen molar-refractivity contribution in [3.8, 4) is 16.9 Å². The predicted octanol–water partition coefficient (Wildman–Crippen LogP) is 3.97. The van der Waals surface area contributed by atoms with Gasteiger partial charge in [0.25, 0.3) is 5.91 Å². The lowest BCUT2D eigenvalue weighted by Gasteiger charge is -2.26. The van der Waals surface area contributed by atoms with Gasteiger partial charge in [0.1, 0.15) is 5.75 Å². The Hall–Kier alpha value is -3.68. The molecule has 0 radical (unpaired) electrons. The number of phenolic OH excluding ortho intramolecular Hbond substituents is 1. The van der Waals surface area contributed by atoms with Gasteiger partial charge in [-0.05, 0) is 41.5 Å². The fourth-order valence-electron chi connectivity index (χ4n) is 3.66. The van der Waals surface area contributed by atoms with Crippen LogP contribution in [0.5, 0.6) is 5.75 Å². The van der Waals surface area contributed by atoms with Crippen molar-refractivity contribution in [2.75, 3.05) is 43.5 Å². The molecule has 4 rings (SSSR count). The highest BCUT2D eigenvalue weighted by molar-refractivity contribution is 6.05. The molecule has 1 aliphatic rings. The maximum Gasteiger partial charge on any atom is 0.255 e. The molecule has 3 aromatic rings. The number of phenols is 1. The molecule has 3 aromatic carbocycles. The van der Waals surface area contributed by atoms with Gasteiger partial charge >= 0.3 is 0 Å². The number of anilines is 2. The van der Waals surface area contributed by atoms with Crippen molar-refractivity contribution in [1.29, 1.82) is 0 Å². The van der Waals surface area contributed by atoms with E-state index in [1.54, 1.807) is 24.3 Å². The van der Waals surface area contributed by atoms with Crippen molar-refractivity contribution in [3.63, 3.8) is 0 Å². The molecule has 170 valence electrons. The molecule has 7 nitrogen and oxygen atoms in total. The Morgan fingerprint density at radius 1 is 0.879 bits per heavy atom. The zero-order valence-corrected chi connectivity index (χ0v) is 18.3. The summed E-state index contributed by atoms with van der Waals surface area (Å²) in [6.45, 7) is 3.61. The van der Waals surface area contributed by atoms with Gasteiger partial charge in [0.05, 0.1) is 18.9 Å². The summed E-state index contributed by atoms with van der Waals surface area (Å²) in [5, 5.41) is 15.7. The standard InChI is InChI=1S/C26H27N3O4/c30-24-11-10-22(18-23(24)28-25(31)12-13-29-14-16-33-17-15-29)27-26(32)21-8-6-20(7-9-21)19-4-2-1-3-5-19/h1-11,18,30H,12-17H2,(H,27,32)(H,28,31). The molecular formula is C26H27N3O4. The van der Waals surface area contributed by atoms with Gasteiger partial charge in [-0.3, -0.25) is 14.5 Å². The van der Waals surface area contributed by atoms with E-state index in [1.165, 1.54) is 6.07 Å². The molecule has 0 atom stereocenters. The van der Waals surface area contributed by atoms with Crippen molar-refractivity contribution in [2.24, 2.45) is 0 Å². The first-order valence-corrected chi connectivity index (χ1v) is 11.0. The maximum atomic E-state index is 12.7. The summed E-state index contributed by atoms with van der Waals surface area (Å²) in [5.41, 5.74) is 3.36. The molecule has 0 saturated carbocycles. The van der Waals surface area contributed by atoms with Crippen LogP contribution in [0.1, 0.15) is 16.8 Å². The largest absolute Gasteiger partial charge is 0.506 e. The second kappa shape index (κ2) is 10.8. The summed E-state index contributed by atoms with van der Waals surface area (Å²) >= 11 is 0. The van der Waals surface area contributed by atoms with Crippen LogP contribution < -0.4 is 10.6 Å². The predicted molar refractivity (Wildman–Crippen MR) is 128 cm³/mol. The molecule has 1 aliphatic heterocycles. The third kappa shape index (κ3) is 6.19. The Morgan fingerprint density at radius 2 is 1.58 bits per heavy atom. The molecule has 0 unspecified atom stereocenters. The van der Waals surface area contributed by atoms with Gasteiger partial charge in [0, 0.05) is 37.3 Å². The van der Waals surface area contributed by atoms with E-state index in [2.05, 4.69) is 15.5 Å². The van der Waals surface area contributed by atoms with Gasteiger partial charge in [-0.2, -0.15) is 0 Å². The fraction of sp³-hybridized carbons (Fsp3) is 0.231. The SMILES string of the molecule is O=C(CCN1CCOCC1)Nc1cc(NC(=O)c2ccc(-c3ccccc3)cc2)ccc1O. The van der Waals surface area contributed by atoms with E-state index in [9.17, 15) is 14.7 Å². The number of aromatic hydroxyl groups is 1. The van der Waals surface area contributed by atoms with Gasteiger partial charge in [-0.1, -0.05) is 42.5 Å². The number of benzene rings is 3. The number of morpholine rings is 1. The third-order valence-corrected chi connectivity index (χ3v) is 5.54. The molecule has 1 heterocycles. The number of nitrogens with zero attached hydrogens (tertiary/aromatic N) is 1. The van der Waals surface area contributed by atoms with Crippen LogP contribution in [-0.4, -0.2) is 54.7 Å². The second-order valence-electron chi connectivity index (χ2n) is 7.88. The molecule has 7 heteroatoms. The minimum atomic E-state index is -0.273. The molecule has 0 aliphatic carbocycles. The third-order valence-electron chi connectivity index (χ3n) is 5.54. The summed E-state index contributed by atoms with van der Waals surface area (Å²) in [4.78, 5) is 27.2. The topological polar surface area (TPSA) is 90.9 Å². The minimum absolute atomic E-state index is 0.0556. The average Bonchev–Trinajstić information content (AvgIpc) is 2.86. The van der Waals surface area contributed by atoms with E-state index >= 15 is 0 Å². The number of carbonyl (C=O) groups excluding carboxylic acids is 2. The summed E-state index contributed by atoms with van der Waals surface area (Å²) in [7, 11) is 0. The molecule has 0 aromatic heterocycles.